The molecule has 0 fully saturated rings. The molecule has 0 heterocycles. The first-order valence-corrected chi connectivity index (χ1v) is 49.5. The van der Waals surface area contributed by atoms with Crippen LogP contribution in [0.5, 0.6) is 0 Å². The second kappa shape index (κ2) is 81.2. The maximum absolute atomic E-state index is 13.2. The number of aliphatic hydroxyl groups excluding tert-OH is 1. The summed E-state index contributed by atoms with van der Waals surface area (Å²) < 4.78 is 69.0. The predicted molar refractivity (Wildman–Crippen MR) is 451 cm³/mol. The Hall–Kier alpha value is -1.94. The number of esters is 4. The van der Waals surface area contributed by atoms with E-state index in [2.05, 4.69) is 41.5 Å². The fraction of sp³-hybridized carbons (Fsp3) is 0.956. The summed E-state index contributed by atoms with van der Waals surface area (Å²) in [6.45, 7) is 9.75. The van der Waals surface area contributed by atoms with Gasteiger partial charge in [-0.25, -0.2) is 9.13 Å². The minimum Gasteiger partial charge on any atom is -0.462 e. The second-order valence-electron chi connectivity index (χ2n) is 33.1. The maximum atomic E-state index is 13.2. The summed E-state index contributed by atoms with van der Waals surface area (Å²) in [7, 11) is -9.93. The van der Waals surface area contributed by atoms with Crippen molar-refractivity contribution in [2.45, 2.75) is 503 Å². The van der Waals surface area contributed by atoms with Crippen LogP contribution in [0.15, 0.2) is 0 Å². The first-order valence-electron chi connectivity index (χ1n) is 46.5. The Morgan fingerprint density at radius 1 is 0.266 bits per heavy atom. The van der Waals surface area contributed by atoms with Crippen LogP contribution in [-0.2, 0) is 65.4 Å². The van der Waals surface area contributed by atoms with E-state index < -0.39 is 97.5 Å². The SMILES string of the molecule is CCCCCCCCCCCCCCCCCCCCCCCCC(=O)OC[C@H](COP(=O)(O)OC[C@@H](O)COP(=O)(O)OC[C@@H](COC(=O)CCCCCCCCCCC)OC(=O)CCCCCCCCCCCCCCCC(C)C)OC(=O)CCCCCCCCCCCCCCCCCCCCC(C)CC. The van der Waals surface area contributed by atoms with Crippen molar-refractivity contribution in [1.29, 1.82) is 0 Å². The van der Waals surface area contributed by atoms with E-state index in [1.54, 1.807) is 0 Å². The lowest BCUT2D eigenvalue weighted by molar-refractivity contribution is -0.161. The van der Waals surface area contributed by atoms with Gasteiger partial charge < -0.3 is 33.8 Å². The van der Waals surface area contributed by atoms with Gasteiger partial charge in [0.25, 0.3) is 0 Å². The highest BCUT2D eigenvalue weighted by atomic mass is 31.2. The monoisotopic (exact) mass is 1590 g/mol. The minimum atomic E-state index is -4.97. The molecule has 0 aliphatic rings. The Balaban J connectivity index is 5.19. The summed E-state index contributed by atoms with van der Waals surface area (Å²) in [5, 5.41) is 10.7. The lowest BCUT2D eigenvalue weighted by Gasteiger charge is -2.21. The Kier molecular flexibility index (Phi) is 79.8. The van der Waals surface area contributed by atoms with Gasteiger partial charge in [0.05, 0.1) is 26.4 Å². The third kappa shape index (κ3) is 82.4. The van der Waals surface area contributed by atoms with Gasteiger partial charge in [0.2, 0.25) is 0 Å². The molecule has 0 aromatic heterocycles. The molecule has 0 amide bonds. The zero-order chi connectivity index (χ0) is 79.9. The van der Waals surface area contributed by atoms with Gasteiger partial charge in [0.1, 0.15) is 19.3 Å². The van der Waals surface area contributed by atoms with Crippen molar-refractivity contribution in [3.8, 4) is 0 Å². The van der Waals surface area contributed by atoms with Crippen LogP contribution in [0, 0.1) is 11.8 Å². The van der Waals surface area contributed by atoms with Crippen LogP contribution in [-0.4, -0.2) is 96.7 Å². The van der Waals surface area contributed by atoms with Gasteiger partial charge >= 0.3 is 39.5 Å². The number of hydrogen-bond acceptors (Lipinski definition) is 15. The number of carbonyl (C=O) groups excluding carboxylic acids is 4. The van der Waals surface area contributed by atoms with Crippen LogP contribution >= 0.6 is 15.6 Å². The molecule has 109 heavy (non-hydrogen) atoms. The Labute approximate surface area is 670 Å². The molecule has 0 aromatic rings. The quantitative estimate of drug-likeness (QED) is 0.0222. The zero-order valence-electron chi connectivity index (χ0n) is 71.9. The molecule has 17 nitrogen and oxygen atoms in total. The molecule has 0 saturated carbocycles. The molecule has 0 bridgehead atoms. The van der Waals surface area contributed by atoms with Gasteiger partial charge in [-0.2, -0.15) is 0 Å². The van der Waals surface area contributed by atoms with Crippen LogP contribution in [0.3, 0.4) is 0 Å². The molecular formula is C90H176O17P2. The smallest absolute Gasteiger partial charge is 0.462 e. The average Bonchev–Trinajstić information content (AvgIpc) is 0.919. The highest BCUT2D eigenvalue weighted by Crippen LogP contribution is 2.45. The molecule has 0 radical (unpaired) electrons. The fourth-order valence-corrected chi connectivity index (χ4v) is 15.7. The number of phosphoric acid groups is 2. The largest absolute Gasteiger partial charge is 0.472 e. The normalized spacial score (nSPS) is 14.0. The molecule has 0 saturated heterocycles. The molecule has 0 rings (SSSR count). The lowest BCUT2D eigenvalue weighted by atomic mass is 9.99. The van der Waals surface area contributed by atoms with E-state index in [1.807, 2.05) is 0 Å². The number of phosphoric ester groups is 2. The van der Waals surface area contributed by atoms with Crippen LogP contribution in [0.4, 0.5) is 0 Å². The summed E-state index contributed by atoms with van der Waals surface area (Å²) in [6, 6.07) is 0. The molecule has 6 atom stereocenters. The van der Waals surface area contributed by atoms with Crippen molar-refractivity contribution >= 4 is 39.5 Å². The van der Waals surface area contributed by atoms with Crippen molar-refractivity contribution in [2.24, 2.45) is 11.8 Å². The van der Waals surface area contributed by atoms with Gasteiger partial charge in [-0.1, -0.05) is 433 Å². The third-order valence-electron chi connectivity index (χ3n) is 21.6. The van der Waals surface area contributed by atoms with Gasteiger partial charge in [-0.3, -0.25) is 37.3 Å². The molecule has 648 valence electrons. The number of unbranched alkanes of at least 4 members (excludes halogenated alkanes) is 58. The number of aliphatic hydroxyl groups is 1. The predicted octanol–water partition coefficient (Wildman–Crippen LogP) is 27.8. The average molecular weight is 1590 g/mol. The van der Waals surface area contributed by atoms with E-state index in [9.17, 15) is 43.2 Å². The minimum absolute atomic E-state index is 0.108. The zero-order valence-corrected chi connectivity index (χ0v) is 73.7. The summed E-state index contributed by atoms with van der Waals surface area (Å²) in [4.78, 5) is 73.3. The maximum Gasteiger partial charge on any atom is 0.472 e. The highest BCUT2D eigenvalue weighted by molar-refractivity contribution is 7.47. The summed E-state index contributed by atoms with van der Waals surface area (Å²) >= 11 is 0. The Bertz CT molecular complexity index is 2080. The molecule has 3 N–H and O–H groups in total. The van der Waals surface area contributed by atoms with Crippen LogP contribution in [0.2, 0.25) is 0 Å². The Morgan fingerprint density at radius 3 is 0.697 bits per heavy atom. The highest BCUT2D eigenvalue weighted by Gasteiger charge is 2.31. The molecule has 0 aromatic carbocycles. The number of hydrogen-bond donors (Lipinski definition) is 3. The molecule has 0 aliphatic carbocycles. The van der Waals surface area contributed by atoms with Crippen molar-refractivity contribution in [3.05, 3.63) is 0 Å². The topological polar surface area (TPSA) is 237 Å². The summed E-state index contributed by atoms with van der Waals surface area (Å²) in [5.74, 6) is -0.442. The van der Waals surface area contributed by atoms with Crippen molar-refractivity contribution < 1.29 is 80.2 Å². The standard InChI is InChI=1S/C90H176O17P2/c1-7-10-12-14-16-18-19-20-21-22-23-24-25-26-30-33-38-43-49-55-61-67-73-88(93)101-79-86(107-89(94)74-68-62-56-50-44-39-34-31-28-27-29-32-37-42-48-53-59-65-71-83(6)9-3)81-105-109(98,99)103-77-84(91)76-102-108(96,97)104-80-85(78-100-87(92)72-66-60-54-46-17-15-13-11-8-2)106-90(95)75-69-63-57-51-45-40-35-36-41-47-52-58-64-70-82(4)5/h82-86,91H,7-81H2,1-6H3,(H,96,97)(H,98,99)/t83?,84-,85+,86+/m0/s1. The van der Waals surface area contributed by atoms with Gasteiger partial charge in [-0.15, -0.1) is 0 Å². The van der Waals surface area contributed by atoms with Crippen molar-refractivity contribution in [1.82, 2.24) is 0 Å². The molecule has 0 spiro atoms. The second-order valence-corrected chi connectivity index (χ2v) is 36.0. The van der Waals surface area contributed by atoms with Gasteiger partial charge in [-0.05, 0) is 37.5 Å². The van der Waals surface area contributed by atoms with Gasteiger partial charge in [0.15, 0.2) is 12.2 Å². The third-order valence-corrected chi connectivity index (χ3v) is 23.5. The van der Waals surface area contributed by atoms with E-state index in [-0.39, 0.29) is 25.7 Å². The van der Waals surface area contributed by atoms with Gasteiger partial charge in [0, 0.05) is 25.7 Å². The Morgan fingerprint density at radius 2 is 0.468 bits per heavy atom. The lowest BCUT2D eigenvalue weighted by Crippen LogP contribution is -2.30. The van der Waals surface area contributed by atoms with E-state index in [0.29, 0.717) is 25.7 Å². The van der Waals surface area contributed by atoms with E-state index in [1.165, 1.54) is 302 Å². The number of rotatable bonds is 89. The van der Waals surface area contributed by atoms with E-state index in [0.717, 1.165) is 102 Å². The first-order chi connectivity index (χ1) is 52.9. The van der Waals surface area contributed by atoms with Crippen LogP contribution in [0.25, 0.3) is 0 Å². The molecule has 3 unspecified atom stereocenters. The van der Waals surface area contributed by atoms with Crippen molar-refractivity contribution in [3.63, 3.8) is 0 Å². The van der Waals surface area contributed by atoms with Crippen molar-refractivity contribution in [2.75, 3.05) is 39.6 Å². The summed E-state index contributed by atoms with van der Waals surface area (Å²) in [5.41, 5.74) is 0. The van der Waals surface area contributed by atoms with Crippen LogP contribution in [0.1, 0.15) is 485 Å². The van der Waals surface area contributed by atoms with Crippen LogP contribution < -0.4 is 0 Å². The van der Waals surface area contributed by atoms with E-state index >= 15 is 0 Å². The number of ether oxygens (including phenoxy) is 4. The molecule has 19 heteroatoms. The fourth-order valence-electron chi connectivity index (χ4n) is 14.1. The summed E-state index contributed by atoms with van der Waals surface area (Å²) in [6.07, 6.45) is 75.2. The number of carbonyl (C=O) groups is 4. The molecular weight excluding hydrogens is 1410 g/mol. The first kappa shape index (κ1) is 107. The molecule has 0 aliphatic heterocycles. The van der Waals surface area contributed by atoms with E-state index in [4.69, 9.17) is 37.0 Å².